The Morgan fingerprint density at radius 2 is 1.79 bits per heavy atom. The van der Waals surface area contributed by atoms with Crippen molar-refractivity contribution in [2.75, 3.05) is 24.6 Å². The Morgan fingerprint density at radius 1 is 1.16 bits per heavy atom. The van der Waals surface area contributed by atoms with E-state index in [1.807, 2.05) is 16.7 Å². The number of hydrogen-bond acceptors (Lipinski definition) is 3. The van der Waals surface area contributed by atoms with E-state index in [1.54, 1.807) is 24.3 Å². The number of aliphatic carboxylic acids is 1. The van der Waals surface area contributed by atoms with E-state index in [0.717, 1.165) is 36.2 Å². The molecule has 0 bridgehead atoms. The normalized spacial score (nSPS) is 15.7. The molecule has 1 heterocycles. The number of carbonyl (C=O) groups excluding carboxylic acids is 1. The van der Waals surface area contributed by atoms with E-state index >= 15 is 0 Å². The van der Waals surface area contributed by atoms with Crippen LogP contribution in [0.2, 0.25) is 0 Å². The Morgan fingerprint density at radius 3 is 2.37 bits per heavy atom. The number of amides is 1. The summed E-state index contributed by atoms with van der Waals surface area (Å²) < 4.78 is 0. The van der Waals surface area contributed by atoms with Crippen LogP contribution < -0.4 is 0 Å². The summed E-state index contributed by atoms with van der Waals surface area (Å²) in [5.74, 6) is 1.05. The van der Waals surface area contributed by atoms with E-state index in [1.165, 1.54) is 6.08 Å². The van der Waals surface area contributed by atoms with Crippen LogP contribution in [0.3, 0.4) is 0 Å². The number of carboxylic acid groups (broad SMARTS) is 1. The predicted octanol–water partition coefficient (Wildman–Crippen LogP) is 1.97. The molecule has 4 nitrogen and oxygen atoms in total. The highest BCUT2D eigenvalue weighted by molar-refractivity contribution is 7.99. The summed E-state index contributed by atoms with van der Waals surface area (Å²) in [4.78, 5) is 24.4. The molecule has 1 N–H and O–H groups in total. The second kappa shape index (κ2) is 6.43. The van der Waals surface area contributed by atoms with Crippen LogP contribution in [0.1, 0.15) is 15.9 Å². The van der Waals surface area contributed by atoms with Crippen LogP contribution in [0.4, 0.5) is 0 Å². The van der Waals surface area contributed by atoms with Crippen LogP contribution in [-0.2, 0) is 4.79 Å². The fraction of sp³-hybridized carbons (Fsp3) is 0.286. The minimum Gasteiger partial charge on any atom is -0.478 e. The minimum atomic E-state index is -0.981. The zero-order valence-electron chi connectivity index (χ0n) is 10.4. The molecule has 5 heteroatoms. The molecule has 0 spiro atoms. The van der Waals surface area contributed by atoms with Crippen LogP contribution >= 0.6 is 11.8 Å². The Labute approximate surface area is 116 Å². The van der Waals surface area contributed by atoms with E-state index in [4.69, 9.17) is 5.11 Å². The Bertz CT molecular complexity index is 490. The number of carbonyl (C=O) groups is 2. The van der Waals surface area contributed by atoms with Crippen LogP contribution in [0.15, 0.2) is 30.3 Å². The van der Waals surface area contributed by atoms with Gasteiger partial charge in [-0.2, -0.15) is 11.8 Å². The molecule has 0 unspecified atom stereocenters. The molecule has 1 amide bonds. The minimum absolute atomic E-state index is 0.0501. The molecule has 1 aliphatic heterocycles. The van der Waals surface area contributed by atoms with Gasteiger partial charge in [0.2, 0.25) is 0 Å². The average molecular weight is 277 g/mol. The van der Waals surface area contributed by atoms with Crippen molar-refractivity contribution in [2.24, 2.45) is 0 Å². The lowest BCUT2D eigenvalue weighted by Crippen LogP contribution is -2.37. The van der Waals surface area contributed by atoms with Gasteiger partial charge in [-0.25, -0.2) is 4.79 Å². The van der Waals surface area contributed by atoms with Gasteiger partial charge >= 0.3 is 5.97 Å². The predicted molar refractivity (Wildman–Crippen MR) is 76.3 cm³/mol. The Hall–Kier alpha value is -1.75. The highest BCUT2D eigenvalue weighted by Crippen LogP contribution is 2.14. The van der Waals surface area contributed by atoms with Gasteiger partial charge in [0.15, 0.2) is 0 Å². The van der Waals surface area contributed by atoms with Crippen molar-refractivity contribution < 1.29 is 14.7 Å². The van der Waals surface area contributed by atoms with Crippen LogP contribution in [0.25, 0.3) is 6.08 Å². The quantitative estimate of drug-likeness (QED) is 0.858. The van der Waals surface area contributed by atoms with Crippen LogP contribution in [0, 0.1) is 0 Å². The second-order valence-corrected chi connectivity index (χ2v) is 5.42. The fourth-order valence-corrected chi connectivity index (χ4v) is 2.76. The first-order valence-electron chi connectivity index (χ1n) is 6.05. The van der Waals surface area contributed by atoms with Crippen molar-refractivity contribution >= 4 is 29.7 Å². The zero-order chi connectivity index (χ0) is 13.7. The molecule has 1 aromatic rings. The first-order chi connectivity index (χ1) is 9.16. The van der Waals surface area contributed by atoms with E-state index in [9.17, 15) is 9.59 Å². The van der Waals surface area contributed by atoms with Gasteiger partial charge in [0.05, 0.1) is 0 Å². The Kier molecular flexibility index (Phi) is 4.63. The van der Waals surface area contributed by atoms with Crippen molar-refractivity contribution in [1.82, 2.24) is 4.90 Å². The van der Waals surface area contributed by atoms with E-state index in [0.29, 0.717) is 5.56 Å². The molecule has 1 fully saturated rings. The summed E-state index contributed by atoms with van der Waals surface area (Å²) in [6, 6.07) is 6.99. The smallest absolute Gasteiger partial charge is 0.328 e. The van der Waals surface area contributed by atoms with Crippen molar-refractivity contribution in [2.45, 2.75) is 0 Å². The Balaban J connectivity index is 2.05. The number of hydrogen-bond donors (Lipinski definition) is 1. The highest BCUT2D eigenvalue weighted by atomic mass is 32.2. The van der Waals surface area contributed by atoms with Gasteiger partial charge in [-0.15, -0.1) is 0 Å². The third kappa shape index (κ3) is 3.86. The number of rotatable bonds is 3. The monoisotopic (exact) mass is 277 g/mol. The maximum Gasteiger partial charge on any atom is 0.328 e. The molecule has 0 saturated carbocycles. The van der Waals surface area contributed by atoms with Crippen LogP contribution in [0.5, 0.6) is 0 Å². The van der Waals surface area contributed by atoms with Crippen LogP contribution in [-0.4, -0.2) is 46.5 Å². The highest BCUT2D eigenvalue weighted by Gasteiger charge is 2.17. The van der Waals surface area contributed by atoms with Crippen molar-refractivity contribution in [3.63, 3.8) is 0 Å². The average Bonchev–Trinajstić information content (AvgIpc) is 2.46. The van der Waals surface area contributed by atoms with Gasteiger partial charge in [0, 0.05) is 36.2 Å². The molecule has 19 heavy (non-hydrogen) atoms. The summed E-state index contributed by atoms with van der Waals surface area (Å²) in [6.45, 7) is 1.59. The molecule has 0 radical (unpaired) electrons. The lowest BCUT2D eigenvalue weighted by atomic mass is 10.1. The lowest BCUT2D eigenvalue weighted by Gasteiger charge is -2.26. The van der Waals surface area contributed by atoms with Crippen molar-refractivity contribution in [3.8, 4) is 0 Å². The zero-order valence-corrected chi connectivity index (χ0v) is 11.2. The third-order valence-corrected chi connectivity index (χ3v) is 3.82. The molecule has 1 aromatic carbocycles. The van der Waals surface area contributed by atoms with Gasteiger partial charge in [-0.1, -0.05) is 12.1 Å². The number of nitrogens with zero attached hydrogens (tertiary/aromatic N) is 1. The number of thioether (sulfide) groups is 1. The van der Waals surface area contributed by atoms with Crippen molar-refractivity contribution in [1.29, 1.82) is 0 Å². The van der Waals surface area contributed by atoms with E-state index in [-0.39, 0.29) is 5.91 Å². The molecular formula is C14H15NO3S. The molecule has 0 atom stereocenters. The summed E-state index contributed by atoms with van der Waals surface area (Å²) in [5, 5.41) is 8.54. The summed E-state index contributed by atoms with van der Waals surface area (Å²) in [7, 11) is 0. The maximum absolute atomic E-state index is 12.2. The topological polar surface area (TPSA) is 57.6 Å². The molecule has 1 aliphatic rings. The lowest BCUT2D eigenvalue weighted by molar-refractivity contribution is -0.131. The molecular weight excluding hydrogens is 262 g/mol. The number of carboxylic acids is 1. The summed E-state index contributed by atoms with van der Waals surface area (Å²) >= 11 is 1.86. The van der Waals surface area contributed by atoms with E-state index < -0.39 is 5.97 Å². The van der Waals surface area contributed by atoms with Gasteiger partial charge < -0.3 is 10.0 Å². The largest absolute Gasteiger partial charge is 0.478 e. The van der Waals surface area contributed by atoms with Crippen molar-refractivity contribution in [3.05, 3.63) is 41.5 Å². The fourth-order valence-electron chi connectivity index (χ4n) is 1.85. The van der Waals surface area contributed by atoms with Gasteiger partial charge in [0.25, 0.3) is 5.91 Å². The molecule has 1 saturated heterocycles. The maximum atomic E-state index is 12.2. The second-order valence-electron chi connectivity index (χ2n) is 4.20. The van der Waals surface area contributed by atoms with Gasteiger partial charge in [-0.3, -0.25) is 4.79 Å². The number of benzene rings is 1. The molecule has 2 rings (SSSR count). The standard InChI is InChI=1S/C14H15NO3S/c16-13(17)6-3-11-1-4-12(5-2-11)14(18)15-7-9-19-10-8-15/h1-6H,7-10H2,(H,16,17). The molecule has 100 valence electrons. The van der Waals surface area contributed by atoms with Gasteiger partial charge in [0.1, 0.15) is 0 Å². The molecule has 0 aliphatic carbocycles. The third-order valence-electron chi connectivity index (χ3n) is 2.87. The summed E-state index contributed by atoms with van der Waals surface area (Å²) in [6.07, 6.45) is 2.59. The van der Waals surface area contributed by atoms with Gasteiger partial charge in [-0.05, 0) is 23.8 Å². The SMILES string of the molecule is O=C(O)C=Cc1ccc(C(=O)N2CCSCC2)cc1. The first kappa shape index (κ1) is 13.7. The molecule has 0 aromatic heterocycles. The van der Waals surface area contributed by atoms with E-state index in [2.05, 4.69) is 0 Å². The summed E-state index contributed by atoms with van der Waals surface area (Å²) in [5.41, 5.74) is 1.42. The first-order valence-corrected chi connectivity index (χ1v) is 7.20.